The molecule has 1 fully saturated rings. The van der Waals surface area contributed by atoms with E-state index in [0.29, 0.717) is 21.4 Å². The highest BCUT2D eigenvalue weighted by Crippen LogP contribution is 2.39. The number of carbonyl (C=O) groups excluding carboxylic acids is 3. The van der Waals surface area contributed by atoms with Crippen molar-refractivity contribution in [3.63, 3.8) is 0 Å². The van der Waals surface area contributed by atoms with Crippen molar-refractivity contribution < 1.29 is 28.6 Å². The smallest absolute Gasteiger partial charge is 0.336 e. The van der Waals surface area contributed by atoms with Crippen molar-refractivity contribution in [2.75, 3.05) is 19.1 Å². The summed E-state index contributed by atoms with van der Waals surface area (Å²) >= 11 is 18.4. The Kier molecular flexibility index (Phi) is 7.92. The highest BCUT2D eigenvalue weighted by atomic mass is 35.5. The van der Waals surface area contributed by atoms with Gasteiger partial charge in [-0.05, 0) is 42.0 Å². The molecule has 0 aromatic heterocycles. The second-order valence-electron chi connectivity index (χ2n) is 7.72. The summed E-state index contributed by atoms with van der Waals surface area (Å²) in [5.74, 6) is -1.10. The minimum Gasteiger partial charge on any atom is -0.495 e. The monoisotopic (exact) mass is 560 g/mol. The van der Waals surface area contributed by atoms with Crippen molar-refractivity contribution in [2.24, 2.45) is 0 Å². The largest absolute Gasteiger partial charge is 0.495 e. The summed E-state index contributed by atoms with van der Waals surface area (Å²) in [6, 6.07) is 13.7. The van der Waals surface area contributed by atoms with E-state index >= 15 is 0 Å². The normalized spacial score (nSPS) is 14.6. The van der Waals surface area contributed by atoms with Gasteiger partial charge in [-0.15, -0.1) is 0 Å². The van der Waals surface area contributed by atoms with Gasteiger partial charge in [0.05, 0.1) is 24.9 Å². The maximum Gasteiger partial charge on any atom is 0.336 e. The lowest BCUT2D eigenvalue weighted by atomic mass is 10.1. The first-order chi connectivity index (χ1) is 17.7. The Hall–Kier alpha value is -3.72. The van der Waals surface area contributed by atoms with Crippen molar-refractivity contribution in [3.05, 3.63) is 86.4 Å². The van der Waals surface area contributed by atoms with Crippen molar-refractivity contribution in [1.29, 1.82) is 0 Å². The van der Waals surface area contributed by atoms with Crippen LogP contribution in [0, 0.1) is 0 Å². The molecule has 37 heavy (non-hydrogen) atoms. The minimum atomic E-state index is -0.960. The molecule has 0 aliphatic carbocycles. The Morgan fingerprint density at radius 1 is 0.865 bits per heavy atom. The van der Waals surface area contributed by atoms with Crippen LogP contribution in [0.5, 0.6) is 17.2 Å². The molecule has 0 unspecified atom stereocenters. The summed E-state index contributed by atoms with van der Waals surface area (Å²) in [5.41, 5.74) is 0.870. The first kappa shape index (κ1) is 26.3. The van der Waals surface area contributed by atoms with Gasteiger partial charge in [0, 0.05) is 27.7 Å². The number of anilines is 1. The molecule has 1 heterocycles. The first-order valence-electron chi connectivity index (χ1n) is 10.7. The maximum absolute atomic E-state index is 13.5. The van der Waals surface area contributed by atoms with E-state index in [4.69, 9.17) is 49.0 Å². The topological polar surface area (TPSA) is 94.2 Å². The molecule has 190 valence electrons. The van der Waals surface area contributed by atoms with Crippen LogP contribution in [0.3, 0.4) is 0 Å². The summed E-state index contributed by atoms with van der Waals surface area (Å²) < 4.78 is 16.4. The molecule has 3 aromatic rings. The number of carbonyl (C=O) groups is 3. The van der Waals surface area contributed by atoms with E-state index in [1.807, 2.05) is 6.07 Å². The standard InChI is InChI=1S/C26H19Cl3N2O6/c1-35-22-12-20(23(36-2)11-19(22)29)31-25(33)18(24(32)30-26(31)34)10-15-9-17(28)6-7-21(15)37-13-14-4-3-5-16(27)8-14/h3-12H,13H2,1-2H3,(H,30,32,34)/b18-10+. The SMILES string of the molecule is COc1cc(N2C(=O)NC(=O)/C(=C\c3cc(Cl)ccc3OCc3cccc(Cl)c3)C2=O)c(OC)cc1Cl. The second kappa shape index (κ2) is 11.1. The molecule has 1 N–H and O–H groups in total. The van der Waals surface area contributed by atoms with E-state index in [1.54, 1.807) is 30.3 Å². The third kappa shape index (κ3) is 5.67. The van der Waals surface area contributed by atoms with Crippen LogP contribution >= 0.6 is 34.8 Å². The predicted molar refractivity (Wildman–Crippen MR) is 141 cm³/mol. The minimum absolute atomic E-state index is 0.0353. The van der Waals surface area contributed by atoms with Gasteiger partial charge in [0.1, 0.15) is 29.4 Å². The van der Waals surface area contributed by atoms with Gasteiger partial charge in [-0.2, -0.15) is 0 Å². The van der Waals surface area contributed by atoms with Gasteiger partial charge in [0.2, 0.25) is 0 Å². The van der Waals surface area contributed by atoms with Crippen LogP contribution in [0.4, 0.5) is 10.5 Å². The lowest BCUT2D eigenvalue weighted by Crippen LogP contribution is -2.54. The van der Waals surface area contributed by atoms with Crippen molar-refractivity contribution in [3.8, 4) is 17.2 Å². The van der Waals surface area contributed by atoms with Gasteiger partial charge >= 0.3 is 6.03 Å². The molecule has 0 spiro atoms. The zero-order valence-electron chi connectivity index (χ0n) is 19.5. The van der Waals surface area contributed by atoms with Gasteiger partial charge in [-0.1, -0.05) is 46.9 Å². The molecule has 11 heteroatoms. The quantitative estimate of drug-likeness (QED) is 0.285. The van der Waals surface area contributed by atoms with E-state index in [0.717, 1.165) is 10.5 Å². The predicted octanol–water partition coefficient (Wildman–Crippen LogP) is 5.91. The molecule has 1 aliphatic heterocycles. The lowest BCUT2D eigenvalue weighted by Gasteiger charge is -2.28. The molecule has 0 radical (unpaired) electrons. The maximum atomic E-state index is 13.5. The molecule has 0 saturated carbocycles. The number of ether oxygens (including phenoxy) is 3. The molecule has 4 rings (SSSR count). The average molecular weight is 562 g/mol. The number of methoxy groups -OCH3 is 2. The summed E-state index contributed by atoms with van der Waals surface area (Å²) in [4.78, 5) is 39.7. The number of nitrogens with one attached hydrogen (secondary N) is 1. The number of benzene rings is 3. The Morgan fingerprint density at radius 2 is 1.59 bits per heavy atom. The summed E-state index contributed by atoms with van der Waals surface area (Å²) in [5, 5.41) is 3.29. The van der Waals surface area contributed by atoms with Gasteiger partial charge in [-0.25, -0.2) is 9.69 Å². The molecule has 1 saturated heterocycles. The number of nitrogens with zero attached hydrogens (tertiary/aromatic N) is 1. The van der Waals surface area contributed by atoms with Crippen molar-refractivity contribution in [1.82, 2.24) is 5.32 Å². The number of halogens is 3. The molecule has 4 amide bonds. The summed E-state index contributed by atoms with van der Waals surface area (Å²) in [6.45, 7) is 0.172. The van der Waals surface area contributed by atoms with Crippen LogP contribution in [-0.2, 0) is 16.2 Å². The zero-order chi connectivity index (χ0) is 26.7. The third-order valence-electron chi connectivity index (χ3n) is 5.35. The van der Waals surface area contributed by atoms with Gasteiger partial charge in [0.25, 0.3) is 11.8 Å². The first-order valence-corrected chi connectivity index (χ1v) is 11.8. The number of rotatable bonds is 7. The van der Waals surface area contributed by atoms with E-state index in [-0.39, 0.29) is 34.4 Å². The fraction of sp³-hybridized carbons (Fsp3) is 0.115. The van der Waals surface area contributed by atoms with Gasteiger partial charge < -0.3 is 14.2 Å². The number of barbiturate groups is 1. The fourth-order valence-electron chi connectivity index (χ4n) is 3.60. The second-order valence-corrected chi connectivity index (χ2v) is 9.00. The number of hydrogen-bond donors (Lipinski definition) is 1. The molecular formula is C26H19Cl3N2O6. The molecule has 0 atom stereocenters. The number of urea groups is 1. The third-order valence-corrected chi connectivity index (χ3v) is 6.12. The van der Waals surface area contributed by atoms with Crippen molar-refractivity contribution >= 4 is 64.4 Å². The van der Waals surface area contributed by atoms with E-state index in [2.05, 4.69) is 5.32 Å². The molecular weight excluding hydrogens is 543 g/mol. The number of amides is 4. The zero-order valence-corrected chi connectivity index (χ0v) is 21.8. The van der Waals surface area contributed by atoms with E-state index in [9.17, 15) is 14.4 Å². The summed E-state index contributed by atoms with van der Waals surface area (Å²) in [6.07, 6.45) is 1.30. The molecule has 0 bridgehead atoms. The van der Waals surface area contributed by atoms with Crippen LogP contribution in [0.25, 0.3) is 6.08 Å². The van der Waals surface area contributed by atoms with Crippen molar-refractivity contribution in [2.45, 2.75) is 6.61 Å². The van der Waals surface area contributed by atoms with Crippen LogP contribution in [0.15, 0.2) is 60.2 Å². The van der Waals surface area contributed by atoms with Crippen LogP contribution in [-0.4, -0.2) is 32.1 Å². The van der Waals surface area contributed by atoms with Gasteiger partial charge in [0.15, 0.2) is 0 Å². The Balaban J connectivity index is 1.73. The van der Waals surface area contributed by atoms with Crippen LogP contribution in [0.2, 0.25) is 15.1 Å². The summed E-state index contributed by atoms with van der Waals surface area (Å²) in [7, 11) is 2.74. The number of hydrogen-bond acceptors (Lipinski definition) is 6. The number of imide groups is 2. The molecule has 8 nitrogen and oxygen atoms in total. The average Bonchev–Trinajstić information content (AvgIpc) is 2.86. The fourth-order valence-corrected chi connectivity index (χ4v) is 4.23. The molecule has 1 aliphatic rings. The van der Waals surface area contributed by atoms with Crippen LogP contribution in [0.1, 0.15) is 11.1 Å². The Bertz CT molecular complexity index is 1440. The van der Waals surface area contributed by atoms with Gasteiger partial charge in [-0.3, -0.25) is 14.9 Å². The van der Waals surface area contributed by atoms with E-state index in [1.165, 1.54) is 38.5 Å². The molecule has 3 aromatic carbocycles. The van der Waals surface area contributed by atoms with E-state index < -0.39 is 17.8 Å². The lowest BCUT2D eigenvalue weighted by molar-refractivity contribution is -0.122. The Morgan fingerprint density at radius 3 is 2.30 bits per heavy atom. The Labute approximate surface area is 227 Å². The highest BCUT2D eigenvalue weighted by molar-refractivity contribution is 6.40. The van der Waals surface area contributed by atoms with Crippen LogP contribution < -0.4 is 24.4 Å². The highest BCUT2D eigenvalue weighted by Gasteiger charge is 2.39.